The van der Waals surface area contributed by atoms with Crippen LogP contribution in [0.2, 0.25) is 0 Å². The van der Waals surface area contributed by atoms with Crippen molar-refractivity contribution in [2.45, 2.75) is 150 Å². The highest BCUT2D eigenvalue weighted by molar-refractivity contribution is 7.26. The molecule has 2 aromatic heterocycles. The van der Waals surface area contributed by atoms with Crippen LogP contribution in [0.5, 0.6) is 23.0 Å². The molecule has 0 radical (unpaired) electrons. The Morgan fingerprint density at radius 2 is 0.769 bits per heavy atom. The number of ether oxygens (including phenoxy) is 4. The first-order valence-electron chi connectivity index (χ1n) is 25.0. The van der Waals surface area contributed by atoms with E-state index in [0.29, 0.717) is 13.2 Å². The number of rotatable bonds is 32. The summed E-state index contributed by atoms with van der Waals surface area (Å²) in [5.41, 5.74) is 4.95. The fourth-order valence-corrected chi connectivity index (χ4v) is 11.1. The molecular weight excluding hydrogens is 837 g/mol. The van der Waals surface area contributed by atoms with E-state index in [0.717, 1.165) is 94.0 Å². The van der Waals surface area contributed by atoms with Gasteiger partial charge in [-0.25, -0.2) is 0 Å². The largest absolute Gasteiger partial charge is 0.493 e. The second kappa shape index (κ2) is 27.2. The Morgan fingerprint density at radius 1 is 0.415 bits per heavy atom. The number of benzene rings is 4. The van der Waals surface area contributed by atoms with Crippen LogP contribution in [0.3, 0.4) is 0 Å². The predicted molar refractivity (Wildman–Crippen MR) is 286 cm³/mol. The summed E-state index contributed by atoms with van der Waals surface area (Å²) in [4.78, 5) is 0. The number of hydrogen-bond acceptors (Lipinski definition) is 6. The summed E-state index contributed by atoms with van der Waals surface area (Å²) in [6, 6.07) is 18.6. The van der Waals surface area contributed by atoms with E-state index in [-0.39, 0.29) is 0 Å². The van der Waals surface area contributed by atoms with Gasteiger partial charge in [0.2, 0.25) is 0 Å². The number of hydrogen-bond donors (Lipinski definition) is 0. The summed E-state index contributed by atoms with van der Waals surface area (Å²) < 4.78 is 31.4. The molecule has 0 aliphatic heterocycles. The molecule has 6 rings (SSSR count). The number of fused-ring (bicyclic) bond motifs is 6. The van der Waals surface area contributed by atoms with E-state index in [9.17, 15) is 0 Å². The Balaban J connectivity index is 1.23. The van der Waals surface area contributed by atoms with E-state index in [2.05, 4.69) is 102 Å². The minimum absolute atomic E-state index is 0.667. The molecule has 4 aromatic carbocycles. The average Bonchev–Trinajstić information content (AvgIpc) is 3.82. The summed E-state index contributed by atoms with van der Waals surface area (Å²) in [6.45, 7) is 19.4. The minimum atomic E-state index is 0.667. The molecule has 0 bridgehead atoms. The van der Waals surface area contributed by atoms with Crippen LogP contribution >= 0.6 is 22.7 Å². The van der Waals surface area contributed by atoms with Gasteiger partial charge in [-0.2, -0.15) is 0 Å². The van der Waals surface area contributed by atoms with Crippen LogP contribution in [0.1, 0.15) is 145 Å². The summed E-state index contributed by atoms with van der Waals surface area (Å²) in [6.07, 6.45) is 33.7. The van der Waals surface area contributed by atoms with E-state index >= 15 is 0 Å². The molecule has 0 atom stereocenters. The molecule has 65 heavy (non-hydrogen) atoms. The van der Waals surface area contributed by atoms with E-state index in [1.165, 1.54) is 127 Å². The molecule has 0 unspecified atom stereocenters. The average molecular weight is 913 g/mol. The molecule has 0 saturated heterocycles. The smallest absolute Gasteiger partial charge is 0.123 e. The van der Waals surface area contributed by atoms with E-state index in [1.807, 2.05) is 47.0 Å². The lowest BCUT2D eigenvalue weighted by Crippen LogP contribution is -2.03. The van der Waals surface area contributed by atoms with Gasteiger partial charge in [0.1, 0.15) is 23.0 Å². The Labute approximate surface area is 399 Å². The molecule has 0 aliphatic rings. The van der Waals surface area contributed by atoms with Crippen LogP contribution in [0.25, 0.3) is 40.3 Å². The lowest BCUT2D eigenvalue weighted by atomic mass is 10.00. The highest BCUT2D eigenvalue weighted by atomic mass is 32.1. The molecular formula is C59H76O4S2. The first-order chi connectivity index (χ1) is 31.9. The molecule has 0 aliphatic carbocycles. The minimum Gasteiger partial charge on any atom is -0.493 e. The van der Waals surface area contributed by atoms with Gasteiger partial charge in [0.25, 0.3) is 0 Å². The predicted octanol–water partition coefficient (Wildman–Crippen LogP) is 18.5. The molecule has 6 aromatic rings. The zero-order chi connectivity index (χ0) is 45.6. The van der Waals surface area contributed by atoms with Gasteiger partial charge in [-0.05, 0) is 142 Å². The Hall–Kier alpha value is -4.52. The first-order valence-corrected chi connectivity index (χ1v) is 26.6. The van der Waals surface area contributed by atoms with Crippen molar-refractivity contribution in [2.75, 3.05) is 26.4 Å². The van der Waals surface area contributed by atoms with E-state index in [4.69, 9.17) is 18.9 Å². The van der Waals surface area contributed by atoms with Crippen LogP contribution in [-0.4, -0.2) is 26.4 Å². The number of thiophene rings is 2. The quantitative estimate of drug-likeness (QED) is 0.0312. The molecule has 2 heterocycles. The van der Waals surface area contributed by atoms with Gasteiger partial charge in [0.15, 0.2) is 0 Å². The third kappa shape index (κ3) is 14.7. The summed E-state index contributed by atoms with van der Waals surface area (Å²) in [7, 11) is 0. The molecule has 348 valence electrons. The van der Waals surface area contributed by atoms with Gasteiger partial charge in [0, 0.05) is 40.3 Å². The third-order valence-electron chi connectivity index (χ3n) is 12.4. The molecule has 0 N–H and O–H groups in total. The summed E-state index contributed by atoms with van der Waals surface area (Å²) in [5.74, 6) is 4.00. The van der Waals surface area contributed by atoms with Crippen LogP contribution in [-0.2, 0) is 12.8 Å². The van der Waals surface area contributed by atoms with Crippen molar-refractivity contribution in [3.63, 3.8) is 0 Å². The second-order valence-electron chi connectivity index (χ2n) is 17.7. The van der Waals surface area contributed by atoms with Crippen molar-refractivity contribution in [1.29, 1.82) is 0 Å². The fourth-order valence-electron chi connectivity index (χ4n) is 8.66. The van der Waals surface area contributed by atoms with Crippen LogP contribution in [0, 0.1) is 13.8 Å². The van der Waals surface area contributed by atoms with Gasteiger partial charge in [0.05, 0.1) is 26.4 Å². The molecule has 0 fully saturated rings. The molecule has 0 amide bonds. The Morgan fingerprint density at radius 3 is 1.18 bits per heavy atom. The monoisotopic (exact) mass is 913 g/mol. The van der Waals surface area contributed by atoms with E-state index < -0.39 is 0 Å². The van der Waals surface area contributed by atoms with Crippen molar-refractivity contribution >= 4 is 63.0 Å². The van der Waals surface area contributed by atoms with Crippen LogP contribution < -0.4 is 18.9 Å². The molecule has 4 nitrogen and oxygen atoms in total. The number of unbranched alkanes of at least 4 members (excludes halogenated alkanes) is 12. The zero-order valence-electron chi connectivity index (χ0n) is 40.2. The topological polar surface area (TPSA) is 36.9 Å². The maximum absolute atomic E-state index is 6.74. The Kier molecular flexibility index (Phi) is 20.9. The van der Waals surface area contributed by atoms with E-state index in [1.54, 1.807) is 0 Å². The van der Waals surface area contributed by atoms with Gasteiger partial charge in [-0.1, -0.05) is 128 Å². The lowest BCUT2D eigenvalue weighted by molar-refractivity contribution is 0.301. The highest BCUT2D eigenvalue weighted by Gasteiger charge is 2.17. The maximum atomic E-state index is 6.74. The summed E-state index contributed by atoms with van der Waals surface area (Å²) >= 11 is 3.76. The van der Waals surface area contributed by atoms with Crippen molar-refractivity contribution < 1.29 is 18.9 Å². The van der Waals surface area contributed by atoms with Gasteiger partial charge in [-0.3, -0.25) is 0 Å². The standard InChI is InChI=1S/C59H76O4S2/c1-7-11-15-19-23-27-33-61-53-41-49-51-43-55(63-35-28-24-20-16-12-8-2)47(39-59(51)65-57(49)37-45(53)6)31-29-30-46-38-58-50(42-54(46)62-34-26-22-18-14-10-4)48-40-52(44(5)36-56(48)64-58)60-32-25-21-17-13-9-3/h9-10,13-14,17-18,36-43H,3-4,7-8,11-12,15-16,19-35H2,1-2,5-6H3/b17-13+,18-14+. The zero-order valence-corrected chi connectivity index (χ0v) is 41.8. The van der Waals surface area contributed by atoms with Crippen molar-refractivity contribution in [3.8, 4) is 23.0 Å². The molecule has 6 heteroatoms. The highest BCUT2D eigenvalue weighted by Crippen LogP contribution is 2.43. The van der Waals surface area contributed by atoms with Crippen molar-refractivity contribution in [3.05, 3.63) is 120 Å². The lowest BCUT2D eigenvalue weighted by Gasteiger charge is -2.15. The van der Waals surface area contributed by atoms with Crippen molar-refractivity contribution in [1.82, 2.24) is 0 Å². The van der Waals surface area contributed by atoms with Crippen molar-refractivity contribution in [2.24, 2.45) is 0 Å². The second-order valence-corrected chi connectivity index (χ2v) is 19.9. The first kappa shape index (κ1) is 49.9. The molecule has 0 spiro atoms. The van der Waals surface area contributed by atoms with Gasteiger partial charge >= 0.3 is 0 Å². The maximum Gasteiger partial charge on any atom is 0.123 e. The number of aryl methyl sites for hydroxylation is 4. The van der Waals surface area contributed by atoms with Crippen LogP contribution in [0.4, 0.5) is 0 Å². The van der Waals surface area contributed by atoms with Gasteiger partial charge < -0.3 is 18.9 Å². The SMILES string of the molecule is C=C/C=C/CCCOc1cc2c(cc1C)sc1cc(CCCc3cc4sc5cc(C)c(OCCCCCCCC)cc5c4cc3OCCCCCCCC)c(OCCC/C=C/C=C)cc12. The number of allylic oxidation sites excluding steroid dienone is 6. The molecule has 0 saturated carbocycles. The normalized spacial score (nSPS) is 11.9. The van der Waals surface area contributed by atoms with Crippen LogP contribution in [0.15, 0.2) is 98.1 Å². The summed E-state index contributed by atoms with van der Waals surface area (Å²) in [5, 5.41) is 5.02. The van der Waals surface area contributed by atoms with Gasteiger partial charge in [-0.15, -0.1) is 22.7 Å². The fraction of sp³-hybridized carbons (Fsp3) is 0.458. The third-order valence-corrected chi connectivity index (χ3v) is 14.6. The Bertz CT molecular complexity index is 2480.